The molecule has 1 rings (SSSR count). The van der Waals surface area contributed by atoms with E-state index in [4.69, 9.17) is 16.0 Å². The van der Waals surface area contributed by atoms with Gasteiger partial charge in [-0.15, -0.1) is 11.6 Å². The molecule has 0 aromatic rings. The normalized spacial score (nSPS) is 22.4. The molecule has 0 aromatic heterocycles. The molecule has 0 aliphatic heterocycles. The molecule has 0 bridgehead atoms. The van der Waals surface area contributed by atoms with Crippen molar-refractivity contribution in [3.8, 4) is 6.07 Å². The van der Waals surface area contributed by atoms with Crippen molar-refractivity contribution in [2.45, 2.75) is 57.7 Å². The number of hydrogen-bond acceptors (Lipinski definition) is 2. The van der Waals surface area contributed by atoms with E-state index in [1.165, 1.54) is 19.3 Å². The molecular formula is C12H22ClNOSi. The fourth-order valence-electron chi connectivity index (χ4n) is 2.45. The van der Waals surface area contributed by atoms with Crippen molar-refractivity contribution in [2.24, 2.45) is 5.92 Å². The molecule has 0 spiro atoms. The minimum atomic E-state index is -1.87. The highest BCUT2D eigenvalue weighted by Crippen LogP contribution is 2.36. The molecule has 1 atom stereocenters. The molecule has 0 N–H and O–H groups in total. The Hall–Kier alpha value is -0.0431. The molecule has 0 amide bonds. The maximum Gasteiger partial charge on any atom is 0.203 e. The van der Waals surface area contributed by atoms with Crippen molar-refractivity contribution in [1.82, 2.24) is 0 Å². The molecular weight excluding hydrogens is 238 g/mol. The van der Waals surface area contributed by atoms with Gasteiger partial charge in [-0.1, -0.05) is 19.3 Å². The van der Waals surface area contributed by atoms with Gasteiger partial charge in [-0.05, 0) is 32.9 Å². The molecule has 92 valence electrons. The van der Waals surface area contributed by atoms with E-state index in [2.05, 4.69) is 19.2 Å². The summed E-state index contributed by atoms with van der Waals surface area (Å²) in [5, 5.41) is 9.40. The molecule has 2 nitrogen and oxygen atoms in total. The molecule has 1 fully saturated rings. The number of alkyl halides is 1. The average molecular weight is 260 g/mol. The highest BCUT2D eigenvalue weighted by molar-refractivity contribution is 6.77. The van der Waals surface area contributed by atoms with E-state index >= 15 is 0 Å². The summed E-state index contributed by atoms with van der Waals surface area (Å²) in [7, 11) is -1.87. The van der Waals surface area contributed by atoms with Gasteiger partial charge >= 0.3 is 0 Å². The molecule has 1 aliphatic rings. The Morgan fingerprint density at radius 1 is 1.38 bits per heavy atom. The van der Waals surface area contributed by atoms with E-state index in [-0.39, 0.29) is 0 Å². The van der Waals surface area contributed by atoms with Crippen molar-refractivity contribution in [2.75, 3.05) is 5.50 Å². The van der Waals surface area contributed by atoms with Gasteiger partial charge in [0.15, 0.2) is 0 Å². The van der Waals surface area contributed by atoms with Crippen LogP contribution in [0.25, 0.3) is 0 Å². The van der Waals surface area contributed by atoms with Crippen LogP contribution in [0.3, 0.4) is 0 Å². The Labute approximate surface area is 105 Å². The van der Waals surface area contributed by atoms with Crippen molar-refractivity contribution < 1.29 is 4.43 Å². The van der Waals surface area contributed by atoms with Gasteiger partial charge in [0, 0.05) is 11.4 Å². The lowest BCUT2D eigenvalue weighted by Gasteiger charge is -2.39. The predicted octanol–water partition coefficient (Wildman–Crippen LogP) is 3.85. The number of nitriles is 1. The van der Waals surface area contributed by atoms with Crippen LogP contribution < -0.4 is 0 Å². The van der Waals surface area contributed by atoms with Crippen LogP contribution in [0.15, 0.2) is 0 Å². The van der Waals surface area contributed by atoms with E-state index in [9.17, 15) is 5.26 Å². The van der Waals surface area contributed by atoms with Gasteiger partial charge < -0.3 is 4.43 Å². The Balaban J connectivity index is 2.72. The molecule has 1 unspecified atom stereocenters. The molecule has 1 aliphatic carbocycles. The monoisotopic (exact) mass is 259 g/mol. The summed E-state index contributed by atoms with van der Waals surface area (Å²) in [4.78, 5) is 0. The van der Waals surface area contributed by atoms with Crippen LogP contribution >= 0.6 is 11.6 Å². The van der Waals surface area contributed by atoms with Crippen molar-refractivity contribution >= 4 is 19.9 Å². The molecule has 4 heteroatoms. The van der Waals surface area contributed by atoms with Gasteiger partial charge in [-0.3, -0.25) is 0 Å². The minimum Gasteiger partial charge on any atom is -0.398 e. The van der Waals surface area contributed by atoms with Crippen LogP contribution in [0, 0.1) is 17.2 Å². The lowest BCUT2D eigenvalue weighted by molar-refractivity contribution is 0.0517. The van der Waals surface area contributed by atoms with Gasteiger partial charge in [0.2, 0.25) is 8.32 Å². The van der Waals surface area contributed by atoms with Crippen molar-refractivity contribution in [3.05, 3.63) is 0 Å². The minimum absolute atomic E-state index is 0.390. The second-order valence-corrected chi connectivity index (χ2v) is 10.3. The number of rotatable bonds is 4. The largest absolute Gasteiger partial charge is 0.398 e. The lowest BCUT2D eigenvalue weighted by Crippen LogP contribution is -2.48. The van der Waals surface area contributed by atoms with Gasteiger partial charge in [0.05, 0.1) is 6.07 Å². The van der Waals surface area contributed by atoms with E-state index in [1.807, 2.05) is 6.92 Å². The van der Waals surface area contributed by atoms with Crippen LogP contribution in [0.5, 0.6) is 0 Å². The molecule has 0 saturated heterocycles. The molecule has 0 aromatic carbocycles. The summed E-state index contributed by atoms with van der Waals surface area (Å²) >= 11 is 5.92. The topological polar surface area (TPSA) is 33.0 Å². The lowest BCUT2D eigenvalue weighted by atomic mass is 9.79. The molecule has 1 saturated carbocycles. The second-order valence-electron chi connectivity index (χ2n) is 5.55. The highest BCUT2D eigenvalue weighted by atomic mass is 35.5. The number of halogens is 1. The quantitative estimate of drug-likeness (QED) is 0.568. The van der Waals surface area contributed by atoms with Crippen LogP contribution in [0.4, 0.5) is 0 Å². The fraction of sp³-hybridized carbons (Fsp3) is 0.917. The van der Waals surface area contributed by atoms with Gasteiger partial charge in [0.1, 0.15) is 5.60 Å². The summed E-state index contributed by atoms with van der Waals surface area (Å²) in [5.74, 6) is 0.390. The maximum atomic E-state index is 9.40. The zero-order chi connectivity index (χ0) is 12.2. The van der Waals surface area contributed by atoms with Gasteiger partial charge in [-0.25, -0.2) is 0 Å². The zero-order valence-corrected chi connectivity index (χ0v) is 12.3. The van der Waals surface area contributed by atoms with Crippen molar-refractivity contribution in [3.63, 3.8) is 0 Å². The van der Waals surface area contributed by atoms with E-state index in [1.54, 1.807) is 0 Å². The van der Waals surface area contributed by atoms with E-state index in [0.29, 0.717) is 11.4 Å². The SMILES string of the molecule is CC(C#N)(O[Si](C)(C)CCl)C1CCCCC1. The van der Waals surface area contributed by atoms with Gasteiger partial charge in [0.25, 0.3) is 0 Å². The highest BCUT2D eigenvalue weighted by Gasteiger charge is 2.40. The standard InChI is InChI=1S/C12H22ClNOSi/c1-12(9-14,15-16(2,3)10-13)11-7-5-4-6-8-11/h11H,4-8,10H2,1-3H3. The second kappa shape index (κ2) is 5.53. The molecule has 0 heterocycles. The summed E-state index contributed by atoms with van der Waals surface area (Å²) in [5.41, 5.74) is -0.0674. The van der Waals surface area contributed by atoms with Gasteiger partial charge in [-0.2, -0.15) is 5.26 Å². The first-order chi connectivity index (χ1) is 7.43. The number of hydrogen-bond donors (Lipinski definition) is 0. The van der Waals surface area contributed by atoms with Crippen LogP contribution in [0.1, 0.15) is 39.0 Å². The Morgan fingerprint density at radius 2 is 1.94 bits per heavy atom. The first kappa shape index (κ1) is 14.0. The third kappa shape index (κ3) is 3.48. The Bertz CT molecular complexity index is 271. The number of nitrogens with zero attached hydrogens (tertiary/aromatic N) is 1. The van der Waals surface area contributed by atoms with Crippen LogP contribution in [0.2, 0.25) is 13.1 Å². The van der Waals surface area contributed by atoms with E-state index < -0.39 is 13.9 Å². The van der Waals surface area contributed by atoms with E-state index in [0.717, 1.165) is 12.8 Å². The third-order valence-corrected chi connectivity index (χ3v) is 6.97. The average Bonchev–Trinajstić information content (AvgIpc) is 2.29. The predicted molar refractivity (Wildman–Crippen MR) is 69.9 cm³/mol. The summed E-state index contributed by atoms with van der Waals surface area (Å²) in [6.07, 6.45) is 6.00. The summed E-state index contributed by atoms with van der Waals surface area (Å²) < 4.78 is 6.11. The third-order valence-electron chi connectivity index (χ3n) is 3.42. The van der Waals surface area contributed by atoms with Crippen molar-refractivity contribution in [1.29, 1.82) is 5.26 Å². The summed E-state index contributed by atoms with van der Waals surface area (Å²) in [6, 6.07) is 2.39. The first-order valence-corrected chi connectivity index (χ1v) is 9.76. The maximum absolute atomic E-state index is 9.40. The Kier molecular flexibility index (Phi) is 4.84. The Morgan fingerprint density at radius 3 is 2.38 bits per heavy atom. The molecule has 0 radical (unpaired) electrons. The van der Waals surface area contributed by atoms with Crippen LogP contribution in [-0.2, 0) is 4.43 Å². The zero-order valence-electron chi connectivity index (χ0n) is 10.6. The smallest absolute Gasteiger partial charge is 0.203 e. The fourth-order valence-corrected chi connectivity index (χ4v) is 4.03. The first-order valence-electron chi connectivity index (χ1n) is 6.11. The van der Waals surface area contributed by atoms with Crippen LogP contribution in [-0.4, -0.2) is 19.4 Å². The summed E-state index contributed by atoms with van der Waals surface area (Å²) in [6.45, 7) is 6.11. The molecule has 16 heavy (non-hydrogen) atoms.